The van der Waals surface area contributed by atoms with Gasteiger partial charge >= 0.3 is 0 Å². The summed E-state index contributed by atoms with van der Waals surface area (Å²) in [5.74, 6) is 1.93. The number of amides is 1. The number of primary amides is 1. The SMILES string of the molecule is Cc1nc(N2CC3CC3C2)ncc1Cn1cc(C(N)=O)nn1. The van der Waals surface area contributed by atoms with Gasteiger partial charge < -0.3 is 10.6 Å². The molecular formula is C14H17N7O. The average molecular weight is 299 g/mol. The van der Waals surface area contributed by atoms with Crippen LogP contribution >= 0.6 is 0 Å². The average Bonchev–Trinajstić information content (AvgIpc) is 2.89. The topological polar surface area (TPSA) is 103 Å². The Bertz CT molecular complexity index is 731. The zero-order chi connectivity index (χ0) is 15.3. The Balaban J connectivity index is 1.50. The molecule has 1 amide bonds. The minimum absolute atomic E-state index is 0.159. The van der Waals surface area contributed by atoms with E-state index in [1.807, 2.05) is 13.1 Å². The lowest BCUT2D eigenvalue weighted by Gasteiger charge is -2.18. The van der Waals surface area contributed by atoms with Crippen molar-refractivity contribution >= 4 is 11.9 Å². The first-order chi connectivity index (χ1) is 10.6. The van der Waals surface area contributed by atoms with E-state index in [4.69, 9.17) is 5.73 Å². The smallest absolute Gasteiger partial charge is 0.270 e. The van der Waals surface area contributed by atoms with Crippen molar-refractivity contribution in [2.24, 2.45) is 17.6 Å². The second kappa shape index (κ2) is 4.75. The molecule has 2 unspecified atom stereocenters. The van der Waals surface area contributed by atoms with Gasteiger partial charge in [0.05, 0.1) is 12.7 Å². The third kappa shape index (κ3) is 2.30. The molecule has 1 aliphatic carbocycles. The quantitative estimate of drug-likeness (QED) is 0.851. The van der Waals surface area contributed by atoms with Gasteiger partial charge in [0.1, 0.15) is 0 Å². The largest absolute Gasteiger partial charge is 0.364 e. The van der Waals surface area contributed by atoms with Gasteiger partial charge in [0.25, 0.3) is 5.91 Å². The molecule has 0 radical (unpaired) electrons. The first-order valence-electron chi connectivity index (χ1n) is 7.37. The number of nitrogens with two attached hydrogens (primary N) is 1. The Morgan fingerprint density at radius 2 is 2.18 bits per heavy atom. The molecule has 22 heavy (non-hydrogen) atoms. The molecule has 8 heteroatoms. The van der Waals surface area contributed by atoms with Gasteiger partial charge in [-0.05, 0) is 25.2 Å². The van der Waals surface area contributed by atoms with E-state index in [-0.39, 0.29) is 5.69 Å². The second-order valence-electron chi connectivity index (χ2n) is 6.11. The summed E-state index contributed by atoms with van der Waals surface area (Å²) in [6.45, 7) is 4.59. The number of fused-ring (bicyclic) bond motifs is 1. The van der Waals surface area contributed by atoms with Gasteiger partial charge in [-0.25, -0.2) is 14.6 Å². The molecule has 8 nitrogen and oxygen atoms in total. The molecule has 0 spiro atoms. The molecular weight excluding hydrogens is 282 g/mol. The molecule has 4 rings (SSSR count). The molecule has 2 atom stereocenters. The van der Waals surface area contributed by atoms with Gasteiger partial charge in [-0.3, -0.25) is 4.79 Å². The van der Waals surface area contributed by atoms with E-state index in [0.29, 0.717) is 6.54 Å². The Labute approximate surface area is 127 Å². The molecule has 1 saturated carbocycles. The number of aryl methyl sites for hydroxylation is 1. The Morgan fingerprint density at radius 1 is 1.41 bits per heavy atom. The van der Waals surface area contributed by atoms with E-state index in [1.165, 1.54) is 12.6 Å². The maximum Gasteiger partial charge on any atom is 0.270 e. The predicted molar refractivity (Wildman–Crippen MR) is 78.2 cm³/mol. The van der Waals surface area contributed by atoms with Crippen LogP contribution in [0.4, 0.5) is 5.95 Å². The molecule has 0 bridgehead atoms. The lowest BCUT2D eigenvalue weighted by atomic mass is 10.2. The number of hydrogen-bond donors (Lipinski definition) is 1. The van der Waals surface area contributed by atoms with Gasteiger partial charge in [-0.1, -0.05) is 5.21 Å². The van der Waals surface area contributed by atoms with Crippen LogP contribution in [-0.2, 0) is 6.54 Å². The Kier molecular flexibility index (Phi) is 2.85. The van der Waals surface area contributed by atoms with Crippen LogP contribution in [-0.4, -0.2) is 44.0 Å². The minimum atomic E-state index is -0.581. The zero-order valence-electron chi connectivity index (χ0n) is 12.3. The lowest BCUT2D eigenvalue weighted by molar-refractivity contribution is 0.0995. The fourth-order valence-electron chi connectivity index (χ4n) is 3.01. The van der Waals surface area contributed by atoms with Gasteiger partial charge in [-0.15, -0.1) is 5.10 Å². The fourth-order valence-corrected chi connectivity index (χ4v) is 3.01. The highest BCUT2D eigenvalue weighted by molar-refractivity contribution is 5.90. The van der Waals surface area contributed by atoms with E-state index in [1.54, 1.807) is 4.68 Å². The van der Waals surface area contributed by atoms with Gasteiger partial charge in [-0.2, -0.15) is 0 Å². The number of rotatable bonds is 4. The third-order valence-corrected chi connectivity index (χ3v) is 4.45. The van der Waals surface area contributed by atoms with E-state index in [9.17, 15) is 4.79 Å². The first kappa shape index (κ1) is 13.2. The zero-order valence-corrected chi connectivity index (χ0v) is 12.3. The molecule has 0 aromatic carbocycles. The molecule has 1 saturated heterocycles. The van der Waals surface area contributed by atoms with Crippen LogP contribution in [0.15, 0.2) is 12.4 Å². The summed E-state index contributed by atoms with van der Waals surface area (Å²) in [5, 5.41) is 7.61. The maximum absolute atomic E-state index is 11.0. The monoisotopic (exact) mass is 299 g/mol. The molecule has 2 aromatic heterocycles. The number of anilines is 1. The highest BCUT2D eigenvalue weighted by Gasteiger charge is 2.45. The van der Waals surface area contributed by atoms with Gasteiger partial charge in [0.15, 0.2) is 5.69 Å². The number of aromatic nitrogens is 5. The normalized spacial score (nSPS) is 22.7. The van der Waals surface area contributed by atoms with E-state index >= 15 is 0 Å². The van der Waals surface area contributed by atoms with E-state index in [2.05, 4.69) is 25.2 Å². The molecule has 2 fully saturated rings. The Hall–Kier alpha value is -2.51. The maximum atomic E-state index is 11.0. The minimum Gasteiger partial charge on any atom is -0.364 e. The van der Waals surface area contributed by atoms with Crippen molar-refractivity contribution in [2.45, 2.75) is 19.9 Å². The number of piperidine rings is 1. The summed E-state index contributed by atoms with van der Waals surface area (Å²) in [5.41, 5.74) is 7.20. The highest BCUT2D eigenvalue weighted by atomic mass is 16.1. The summed E-state index contributed by atoms with van der Waals surface area (Å²) in [7, 11) is 0. The van der Waals surface area contributed by atoms with Crippen molar-refractivity contribution < 1.29 is 4.79 Å². The fraction of sp³-hybridized carbons (Fsp3) is 0.500. The van der Waals surface area contributed by atoms with E-state index < -0.39 is 5.91 Å². The van der Waals surface area contributed by atoms with Gasteiger partial charge in [0, 0.05) is 30.5 Å². The summed E-state index contributed by atoms with van der Waals surface area (Å²) >= 11 is 0. The van der Waals surface area contributed by atoms with Crippen molar-refractivity contribution in [1.82, 2.24) is 25.0 Å². The molecule has 2 N–H and O–H groups in total. The second-order valence-corrected chi connectivity index (χ2v) is 6.11. The van der Waals surface area contributed by atoms with Crippen LogP contribution in [0.25, 0.3) is 0 Å². The van der Waals surface area contributed by atoms with Crippen molar-refractivity contribution in [3.8, 4) is 0 Å². The first-order valence-corrected chi connectivity index (χ1v) is 7.37. The highest BCUT2D eigenvalue weighted by Crippen LogP contribution is 2.45. The number of hydrogen-bond acceptors (Lipinski definition) is 6. The summed E-state index contributed by atoms with van der Waals surface area (Å²) in [6.07, 6.45) is 4.72. The standard InChI is InChI=1S/C14H17N7O/c1-8-11(6-21-7-12(13(15)22)18-19-21)3-16-14(17-8)20-4-9-2-10(9)5-20/h3,7,9-10H,2,4-6H2,1H3,(H2,15,22). The molecule has 1 aliphatic heterocycles. The van der Waals surface area contributed by atoms with Gasteiger partial charge in [0.2, 0.25) is 5.95 Å². The molecule has 2 aromatic rings. The molecule has 2 aliphatic rings. The van der Waals surface area contributed by atoms with Crippen LogP contribution in [0.3, 0.4) is 0 Å². The van der Waals surface area contributed by atoms with Crippen molar-refractivity contribution in [3.63, 3.8) is 0 Å². The van der Waals surface area contributed by atoms with E-state index in [0.717, 1.165) is 42.1 Å². The third-order valence-electron chi connectivity index (χ3n) is 4.45. The van der Waals surface area contributed by atoms with Crippen LogP contribution in [0.1, 0.15) is 28.2 Å². The summed E-state index contributed by atoms with van der Waals surface area (Å²) in [6, 6.07) is 0. The summed E-state index contributed by atoms with van der Waals surface area (Å²) in [4.78, 5) is 22.4. The van der Waals surface area contributed by atoms with Crippen LogP contribution in [0.5, 0.6) is 0 Å². The van der Waals surface area contributed by atoms with Crippen molar-refractivity contribution in [1.29, 1.82) is 0 Å². The van der Waals surface area contributed by atoms with Crippen LogP contribution < -0.4 is 10.6 Å². The number of carbonyl (C=O) groups is 1. The van der Waals surface area contributed by atoms with Crippen LogP contribution in [0, 0.1) is 18.8 Å². The Morgan fingerprint density at radius 3 is 2.82 bits per heavy atom. The lowest BCUT2D eigenvalue weighted by Crippen LogP contribution is -2.24. The molecule has 3 heterocycles. The molecule has 114 valence electrons. The summed E-state index contributed by atoms with van der Waals surface area (Å²) < 4.78 is 1.57. The predicted octanol–water partition coefficient (Wildman–Crippen LogP) is -0.0202. The number of nitrogens with zero attached hydrogens (tertiary/aromatic N) is 6. The van der Waals surface area contributed by atoms with Crippen molar-refractivity contribution in [2.75, 3.05) is 18.0 Å². The van der Waals surface area contributed by atoms with Crippen molar-refractivity contribution in [3.05, 3.63) is 29.3 Å². The van der Waals surface area contributed by atoms with Crippen LogP contribution in [0.2, 0.25) is 0 Å². The number of carbonyl (C=O) groups excluding carboxylic acids is 1.